The van der Waals surface area contributed by atoms with Crippen LogP contribution in [0.25, 0.3) is 0 Å². The van der Waals surface area contributed by atoms with Crippen LogP contribution in [0.5, 0.6) is 0 Å². The fraction of sp³-hybridized carbons (Fsp3) is 0.800. The second-order valence-corrected chi connectivity index (χ2v) is 6.03. The van der Waals surface area contributed by atoms with Gasteiger partial charge in [-0.3, -0.25) is 4.90 Å². The Kier molecular flexibility index (Phi) is 4.92. The molecule has 1 unspecified atom stereocenters. The summed E-state index contributed by atoms with van der Waals surface area (Å²) in [6.07, 6.45) is 3.93. The average molecular weight is 306 g/mol. The number of aliphatic imine (C=N–C) groups is 1. The maximum atomic E-state index is 5.00. The number of hydrogen-bond acceptors (Lipinski definition) is 5. The van der Waals surface area contributed by atoms with Crippen molar-refractivity contribution in [2.45, 2.75) is 45.7 Å². The first kappa shape index (κ1) is 15.3. The Hall–Kier alpha value is -1.63. The van der Waals surface area contributed by atoms with Gasteiger partial charge in [-0.15, -0.1) is 0 Å². The molecule has 7 nitrogen and oxygen atoms in total. The summed E-state index contributed by atoms with van der Waals surface area (Å²) in [6, 6.07) is 0.679. The zero-order chi connectivity index (χ0) is 15.4. The molecule has 2 aliphatic rings. The maximum absolute atomic E-state index is 5.00. The van der Waals surface area contributed by atoms with E-state index in [2.05, 4.69) is 37.2 Å². The monoisotopic (exact) mass is 306 g/mol. The summed E-state index contributed by atoms with van der Waals surface area (Å²) in [7, 11) is 0. The quantitative estimate of drug-likeness (QED) is 0.661. The summed E-state index contributed by atoms with van der Waals surface area (Å²) in [5, 5.41) is 7.29. The minimum atomic E-state index is 0.463. The number of nitrogens with zero attached hydrogens (tertiary/aromatic N) is 5. The Morgan fingerprint density at radius 3 is 2.86 bits per heavy atom. The van der Waals surface area contributed by atoms with E-state index in [0.717, 1.165) is 25.6 Å². The Bertz CT molecular complexity index is 508. The van der Waals surface area contributed by atoms with Gasteiger partial charge >= 0.3 is 0 Å². The van der Waals surface area contributed by atoms with Crippen molar-refractivity contribution in [1.82, 2.24) is 25.3 Å². The third-order valence-corrected chi connectivity index (χ3v) is 4.39. The molecule has 1 N–H and O–H groups in total. The number of aryl methyl sites for hydroxylation is 1. The van der Waals surface area contributed by atoms with E-state index < -0.39 is 0 Å². The van der Waals surface area contributed by atoms with E-state index in [0.29, 0.717) is 24.3 Å². The molecule has 3 heterocycles. The summed E-state index contributed by atoms with van der Waals surface area (Å²) >= 11 is 0. The minimum Gasteiger partial charge on any atom is -0.357 e. The highest BCUT2D eigenvalue weighted by Gasteiger charge is 2.30. The van der Waals surface area contributed by atoms with E-state index in [9.17, 15) is 0 Å². The Balaban J connectivity index is 1.60. The highest BCUT2D eigenvalue weighted by atomic mass is 16.5. The average Bonchev–Trinajstić information content (AvgIpc) is 3.24. The van der Waals surface area contributed by atoms with Crippen LogP contribution in [0, 0.1) is 6.92 Å². The lowest BCUT2D eigenvalue weighted by atomic mass is 10.2. The molecule has 1 aromatic heterocycles. The van der Waals surface area contributed by atoms with Crippen molar-refractivity contribution >= 4 is 5.96 Å². The van der Waals surface area contributed by atoms with Gasteiger partial charge in [-0.2, -0.15) is 4.98 Å². The molecular weight excluding hydrogens is 280 g/mol. The number of hydrogen-bond donors (Lipinski definition) is 1. The Morgan fingerprint density at radius 1 is 1.36 bits per heavy atom. The molecular formula is C15H26N6O. The standard InChI is InChI=1S/C15H26N6O/c1-3-16-15(17-10-14-18-12(2)22-19-14)21-9-6-13(11-21)20-7-4-5-8-20/h13H,3-11H2,1-2H3,(H,16,17). The minimum absolute atomic E-state index is 0.463. The van der Waals surface area contributed by atoms with E-state index in [4.69, 9.17) is 4.52 Å². The molecule has 0 spiro atoms. The molecule has 7 heteroatoms. The van der Waals surface area contributed by atoms with Gasteiger partial charge in [-0.25, -0.2) is 4.99 Å². The summed E-state index contributed by atoms with van der Waals surface area (Å²) in [5.74, 6) is 2.19. The molecule has 0 aromatic carbocycles. The second kappa shape index (κ2) is 7.09. The number of nitrogens with one attached hydrogen (secondary N) is 1. The maximum Gasteiger partial charge on any atom is 0.223 e. The van der Waals surface area contributed by atoms with E-state index in [-0.39, 0.29) is 0 Å². The van der Waals surface area contributed by atoms with Gasteiger partial charge in [0.25, 0.3) is 0 Å². The van der Waals surface area contributed by atoms with Crippen molar-refractivity contribution < 1.29 is 4.52 Å². The highest BCUT2D eigenvalue weighted by Crippen LogP contribution is 2.20. The number of aromatic nitrogens is 2. The first-order chi connectivity index (χ1) is 10.8. The van der Waals surface area contributed by atoms with Crippen molar-refractivity contribution in [3.63, 3.8) is 0 Å². The molecule has 0 radical (unpaired) electrons. The SMILES string of the molecule is CCNC(=NCc1noc(C)n1)N1CCC(N2CCCC2)C1. The normalized spacial score (nSPS) is 23.5. The largest absolute Gasteiger partial charge is 0.357 e. The third kappa shape index (κ3) is 3.58. The van der Waals surface area contributed by atoms with E-state index in [1.807, 2.05) is 0 Å². The lowest BCUT2D eigenvalue weighted by Crippen LogP contribution is -2.42. The lowest BCUT2D eigenvalue weighted by Gasteiger charge is -2.25. The van der Waals surface area contributed by atoms with Gasteiger partial charge in [0.2, 0.25) is 5.89 Å². The van der Waals surface area contributed by atoms with E-state index >= 15 is 0 Å². The van der Waals surface area contributed by atoms with Crippen LogP contribution >= 0.6 is 0 Å². The van der Waals surface area contributed by atoms with Gasteiger partial charge in [-0.1, -0.05) is 5.16 Å². The molecule has 0 bridgehead atoms. The van der Waals surface area contributed by atoms with Gasteiger partial charge in [-0.05, 0) is 39.3 Å². The molecule has 2 aliphatic heterocycles. The molecule has 2 saturated heterocycles. The molecule has 1 atom stereocenters. The van der Waals surface area contributed by atoms with Crippen LogP contribution in [0.1, 0.15) is 37.9 Å². The molecule has 0 amide bonds. The fourth-order valence-electron chi connectivity index (χ4n) is 3.32. The van der Waals surface area contributed by atoms with Crippen LogP contribution in [0.2, 0.25) is 0 Å². The van der Waals surface area contributed by atoms with Crippen LogP contribution in [0.4, 0.5) is 0 Å². The van der Waals surface area contributed by atoms with Crippen molar-refractivity contribution in [3.05, 3.63) is 11.7 Å². The Labute approximate surface area is 131 Å². The number of rotatable bonds is 4. The van der Waals surface area contributed by atoms with Gasteiger partial charge in [0.05, 0.1) is 0 Å². The van der Waals surface area contributed by atoms with E-state index in [1.165, 1.54) is 32.4 Å². The third-order valence-electron chi connectivity index (χ3n) is 4.39. The van der Waals surface area contributed by atoms with Crippen LogP contribution in [-0.4, -0.2) is 64.7 Å². The van der Waals surface area contributed by atoms with Gasteiger partial charge in [0.15, 0.2) is 11.8 Å². The van der Waals surface area contributed by atoms with Gasteiger partial charge in [0, 0.05) is 32.6 Å². The fourth-order valence-corrected chi connectivity index (χ4v) is 3.32. The van der Waals surface area contributed by atoms with Crippen LogP contribution in [0.15, 0.2) is 9.52 Å². The van der Waals surface area contributed by atoms with E-state index in [1.54, 1.807) is 6.92 Å². The summed E-state index contributed by atoms with van der Waals surface area (Å²) in [5.41, 5.74) is 0. The summed E-state index contributed by atoms with van der Waals surface area (Å²) in [6.45, 7) is 9.88. The smallest absolute Gasteiger partial charge is 0.223 e. The van der Waals surface area contributed by atoms with Gasteiger partial charge < -0.3 is 14.7 Å². The summed E-state index contributed by atoms with van der Waals surface area (Å²) < 4.78 is 5.00. The predicted octanol–water partition coefficient (Wildman–Crippen LogP) is 1.01. The number of guanidine groups is 1. The van der Waals surface area contributed by atoms with Crippen molar-refractivity contribution in [2.24, 2.45) is 4.99 Å². The van der Waals surface area contributed by atoms with Crippen LogP contribution in [0.3, 0.4) is 0 Å². The van der Waals surface area contributed by atoms with Crippen LogP contribution in [-0.2, 0) is 6.54 Å². The topological polar surface area (TPSA) is 69.8 Å². The van der Waals surface area contributed by atoms with Crippen molar-refractivity contribution in [1.29, 1.82) is 0 Å². The molecule has 3 rings (SSSR count). The molecule has 22 heavy (non-hydrogen) atoms. The van der Waals surface area contributed by atoms with Gasteiger partial charge in [0.1, 0.15) is 6.54 Å². The van der Waals surface area contributed by atoms with Crippen LogP contribution < -0.4 is 5.32 Å². The zero-order valence-corrected chi connectivity index (χ0v) is 13.6. The second-order valence-electron chi connectivity index (χ2n) is 6.03. The first-order valence-corrected chi connectivity index (χ1v) is 8.32. The Morgan fingerprint density at radius 2 is 2.18 bits per heavy atom. The molecule has 122 valence electrons. The molecule has 1 aromatic rings. The molecule has 0 saturated carbocycles. The zero-order valence-electron chi connectivity index (χ0n) is 13.6. The van der Waals surface area contributed by atoms with Crippen molar-refractivity contribution in [2.75, 3.05) is 32.7 Å². The lowest BCUT2D eigenvalue weighted by molar-refractivity contribution is 0.249. The highest BCUT2D eigenvalue weighted by molar-refractivity contribution is 5.80. The molecule has 0 aliphatic carbocycles. The number of likely N-dealkylation sites (tertiary alicyclic amines) is 2. The predicted molar refractivity (Wildman–Crippen MR) is 84.6 cm³/mol. The summed E-state index contributed by atoms with van der Waals surface area (Å²) in [4.78, 5) is 13.9. The first-order valence-electron chi connectivity index (χ1n) is 8.32. The molecule has 2 fully saturated rings. The van der Waals surface area contributed by atoms with Crippen molar-refractivity contribution in [3.8, 4) is 0 Å².